The van der Waals surface area contributed by atoms with Crippen LogP contribution in [0.2, 0.25) is 0 Å². The lowest BCUT2D eigenvalue weighted by atomic mass is 9.72. The molecule has 2 saturated carbocycles. The number of anilines is 1. The maximum atomic E-state index is 14.0. The van der Waals surface area contributed by atoms with Crippen LogP contribution < -0.4 is 14.8 Å². The van der Waals surface area contributed by atoms with Crippen molar-refractivity contribution in [2.45, 2.75) is 97.1 Å². The van der Waals surface area contributed by atoms with Gasteiger partial charge in [-0.15, -0.1) is 0 Å². The Labute approximate surface area is 223 Å². The van der Waals surface area contributed by atoms with Crippen LogP contribution in [0.15, 0.2) is 36.4 Å². The number of ether oxygens (including phenoxy) is 2. The smallest absolute Gasteiger partial charge is 0.322 e. The minimum Gasteiger partial charge on any atom is -0.497 e. The van der Waals surface area contributed by atoms with Crippen molar-refractivity contribution in [3.8, 4) is 11.5 Å². The molecule has 2 aliphatic rings. The number of benzene rings is 2. The first-order valence-electron chi connectivity index (χ1n) is 14.5. The predicted octanol–water partition coefficient (Wildman–Crippen LogP) is 8.00. The standard InChI is InChI=1S/C32H46N2O3/c1-5-23-13-10-14-24(6-2)31(23)33-32(35)34(22-27-17-20-29(36-3)21-30(27)37-4)28-18-15-26(16-19-28)25-11-8-7-9-12-25/h10,13-14,17,20-21,25-26,28H,5-9,11-12,15-16,18-19,22H2,1-4H3,(H,33,35)/t26-,28+. The normalized spacial score (nSPS) is 20.3. The van der Waals surface area contributed by atoms with Crippen LogP contribution in [-0.2, 0) is 19.4 Å². The van der Waals surface area contributed by atoms with E-state index in [0.29, 0.717) is 6.54 Å². The molecule has 2 aromatic rings. The summed E-state index contributed by atoms with van der Waals surface area (Å²) in [5.74, 6) is 3.23. The number of hydrogen-bond donors (Lipinski definition) is 1. The highest BCUT2D eigenvalue weighted by atomic mass is 16.5. The zero-order valence-corrected chi connectivity index (χ0v) is 23.4. The van der Waals surface area contributed by atoms with E-state index in [1.807, 2.05) is 18.2 Å². The van der Waals surface area contributed by atoms with Crippen molar-refractivity contribution in [1.82, 2.24) is 4.90 Å². The molecule has 0 spiro atoms. The Hall–Kier alpha value is -2.69. The zero-order valence-electron chi connectivity index (χ0n) is 23.4. The van der Waals surface area contributed by atoms with Crippen LogP contribution in [0.3, 0.4) is 0 Å². The quantitative estimate of drug-likeness (QED) is 0.375. The molecule has 2 fully saturated rings. The molecule has 2 aromatic carbocycles. The van der Waals surface area contributed by atoms with E-state index in [2.05, 4.69) is 42.3 Å². The summed E-state index contributed by atoms with van der Waals surface area (Å²) >= 11 is 0. The van der Waals surface area contributed by atoms with E-state index in [-0.39, 0.29) is 12.1 Å². The molecule has 37 heavy (non-hydrogen) atoms. The fraction of sp³-hybridized carbons (Fsp3) is 0.594. The van der Waals surface area contributed by atoms with Crippen molar-refractivity contribution < 1.29 is 14.3 Å². The molecule has 5 heteroatoms. The van der Waals surface area contributed by atoms with E-state index in [9.17, 15) is 4.79 Å². The Kier molecular flexibility index (Phi) is 9.76. The first-order valence-corrected chi connectivity index (χ1v) is 14.5. The summed E-state index contributed by atoms with van der Waals surface area (Å²) in [7, 11) is 3.35. The van der Waals surface area contributed by atoms with Gasteiger partial charge in [-0.1, -0.05) is 64.2 Å². The van der Waals surface area contributed by atoms with Gasteiger partial charge in [-0.05, 0) is 73.6 Å². The number of rotatable bonds is 9. The van der Waals surface area contributed by atoms with E-state index >= 15 is 0 Å². The first-order chi connectivity index (χ1) is 18.1. The van der Waals surface area contributed by atoms with Gasteiger partial charge in [0.1, 0.15) is 11.5 Å². The van der Waals surface area contributed by atoms with Crippen LogP contribution in [0.1, 0.15) is 88.3 Å². The Balaban J connectivity index is 1.57. The second kappa shape index (κ2) is 13.2. The third kappa shape index (κ3) is 6.61. The van der Waals surface area contributed by atoms with E-state index in [0.717, 1.165) is 60.3 Å². The van der Waals surface area contributed by atoms with Crippen LogP contribution in [0.25, 0.3) is 0 Å². The summed E-state index contributed by atoms with van der Waals surface area (Å²) in [6.07, 6.45) is 13.4. The van der Waals surface area contributed by atoms with Gasteiger partial charge >= 0.3 is 6.03 Å². The molecule has 0 atom stereocenters. The van der Waals surface area contributed by atoms with E-state index in [1.54, 1.807) is 14.2 Å². The molecular formula is C32H46N2O3. The summed E-state index contributed by atoms with van der Waals surface area (Å²) in [4.78, 5) is 16.1. The van der Waals surface area contributed by atoms with Gasteiger partial charge in [-0.25, -0.2) is 4.79 Å². The van der Waals surface area contributed by atoms with Crippen molar-refractivity contribution >= 4 is 11.7 Å². The van der Waals surface area contributed by atoms with Crippen molar-refractivity contribution in [2.75, 3.05) is 19.5 Å². The third-order valence-electron chi connectivity index (χ3n) is 8.83. The minimum atomic E-state index is -0.00501. The molecule has 0 aliphatic heterocycles. The van der Waals surface area contributed by atoms with E-state index < -0.39 is 0 Å². The van der Waals surface area contributed by atoms with Crippen LogP contribution in [0.4, 0.5) is 10.5 Å². The number of urea groups is 1. The Morgan fingerprint density at radius 3 is 2.08 bits per heavy atom. The minimum absolute atomic E-state index is 0.00501. The molecule has 0 saturated heterocycles. The number of para-hydroxylation sites is 1. The summed E-state index contributed by atoms with van der Waals surface area (Å²) in [6.45, 7) is 4.82. The number of nitrogens with zero attached hydrogens (tertiary/aromatic N) is 1. The first kappa shape index (κ1) is 27.3. The average molecular weight is 507 g/mol. The maximum Gasteiger partial charge on any atom is 0.322 e. The van der Waals surface area contributed by atoms with Crippen LogP contribution in [0, 0.1) is 11.8 Å². The van der Waals surface area contributed by atoms with E-state index in [4.69, 9.17) is 9.47 Å². The number of amides is 2. The summed E-state index contributed by atoms with van der Waals surface area (Å²) in [5.41, 5.74) is 4.37. The highest BCUT2D eigenvalue weighted by molar-refractivity contribution is 5.91. The van der Waals surface area contributed by atoms with E-state index in [1.165, 1.54) is 56.1 Å². The molecule has 202 valence electrons. The number of carbonyl (C=O) groups excluding carboxylic acids is 1. The maximum absolute atomic E-state index is 14.0. The zero-order chi connectivity index (χ0) is 26.2. The molecule has 5 nitrogen and oxygen atoms in total. The monoisotopic (exact) mass is 506 g/mol. The van der Waals surface area contributed by atoms with Gasteiger partial charge in [-0.3, -0.25) is 0 Å². The van der Waals surface area contributed by atoms with Crippen LogP contribution in [0.5, 0.6) is 11.5 Å². The fourth-order valence-corrected chi connectivity index (χ4v) is 6.60. The SMILES string of the molecule is CCc1cccc(CC)c1NC(=O)N(Cc1ccc(OC)cc1OC)[C@H]1CC[C@@H](C2CCCCC2)CC1. The molecule has 4 rings (SSSR count). The third-order valence-corrected chi connectivity index (χ3v) is 8.83. The molecule has 0 aromatic heterocycles. The number of hydrogen-bond acceptors (Lipinski definition) is 3. The highest BCUT2D eigenvalue weighted by Gasteiger charge is 2.33. The van der Waals surface area contributed by atoms with Crippen molar-refractivity contribution in [3.63, 3.8) is 0 Å². The van der Waals surface area contributed by atoms with Gasteiger partial charge in [0.15, 0.2) is 0 Å². The number of carbonyl (C=O) groups is 1. The Morgan fingerprint density at radius 1 is 0.838 bits per heavy atom. The summed E-state index contributed by atoms with van der Waals surface area (Å²) < 4.78 is 11.1. The van der Waals surface area contributed by atoms with Gasteiger partial charge in [0, 0.05) is 23.4 Å². The second-order valence-electron chi connectivity index (χ2n) is 10.9. The predicted molar refractivity (Wildman–Crippen MR) is 152 cm³/mol. The Morgan fingerprint density at radius 2 is 1.49 bits per heavy atom. The molecule has 0 unspecified atom stereocenters. The largest absolute Gasteiger partial charge is 0.497 e. The molecular weight excluding hydrogens is 460 g/mol. The highest BCUT2D eigenvalue weighted by Crippen LogP contribution is 2.40. The second-order valence-corrected chi connectivity index (χ2v) is 10.9. The molecule has 2 aliphatic carbocycles. The Bertz CT molecular complexity index is 1000. The van der Waals surface area contributed by atoms with Gasteiger partial charge in [-0.2, -0.15) is 0 Å². The van der Waals surface area contributed by atoms with Crippen molar-refractivity contribution in [1.29, 1.82) is 0 Å². The molecule has 0 heterocycles. The van der Waals surface area contributed by atoms with Gasteiger partial charge < -0.3 is 19.7 Å². The van der Waals surface area contributed by atoms with Crippen molar-refractivity contribution in [2.24, 2.45) is 11.8 Å². The average Bonchev–Trinajstić information content (AvgIpc) is 2.96. The molecule has 0 bridgehead atoms. The summed E-state index contributed by atoms with van der Waals surface area (Å²) in [6, 6.07) is 12.5. The van der Waals surface area contributed by atoms with Gasteiger partial charge in [0.25, 0.3) is 0 Å². The molecule has 1 N–H and O–H groups in total. The lowest BCUT2D eigenvalue weighted by molar-refractivity contribution is 0.120. The summed E-state index contributed by atoms with van der Waals surface area (Å²) in [5, 5.41) is 3.35. The topological polar surface area (TPSA) is 50.8 Å². The number of aryl methyl sites for hydroxylation is 2. The van der Waals surface area contributed by atoms with Crippen molar-refractivity contribution in [3.05, 3.63) is 53.1 Å². The molecule has 2 amide bonds. The van der Waals surface area contributed by atoms with Gasteiger partial charge in [0.05, 0.1) is 20.8 Å². The van der Waals surface area contributed by atoms with Crippen LogP contribution in [-0.4, -0.2) is 31.2 Å². The number of methoxy groups -OCH3 is 2. The van der Waals surface area contributed by atoms with Crippen LogP contribution >= 0.6 is 0 Å². The fourth-order valence-electron chi connectivity index (χ4n) is 6.60. The number of nitrogens with one attached hydrogen (secondary N) is 1. The lowest BCUT2D eigenvalue weighted by Gasteiger charge is -2.40. The molecule has 0 radical (unpaired) electrons. The van der Waals surface area contributed by atoms with Gasteiger partial charge in [0.2, 0.25) is 0 Å². The lowest BCUT2D eigenvalue weighted by Crippen LogP contribution is -2.45.